The Hall–Kier alpha value is -1.15. The maximum Gasteiger partial charge on any atom is 0.249 e. The molecule has 1 aliphatic heterocycles. The fourth-order valence-corrected chi connectivity index (χ4v) is 9.21. The van der Waals surface area contributed by atoms with Crippen LogP contribution < -0.4 is 5.32 Å². The number of rotatable bonds is 48. The smallest absolute Gasteiger partial charge is 0.249 e. The third-order valence-corrected chi connectivity index (χ3v) is 13.8. The lowest BCUT2D eigenvalue weighted by molar-refractivity contribution is -0.303. The highest BCUT2D eigenvalue weighted by molar-refractivity contribution is 5.80. The zero-order chi connectivity index (χ0) is 48.3. The second kappa shape index (κ2) is 45.0. The summed E-state index contributed by atoms with van der Waals surface area (Å²) >= 11 is 0. The molecule has 66 heavy (non-hydrogen) atoms. The van der Waals surface area contributed by atoms with Crippen LogP contribution in [-0.2, 0) is 14.3 Å². The summed E-state index contributed by atoms with van der Waals surface area (Å²) in [6.45, 7) is 3.38. The van der Waals surface area contributed by atoms with Crippen molar-refractivity contribution in [2.45, 2.75) is 319 Å². The summed E-state index contributed by atoms with van der Waals surface area (Å²) in [5.74, 6) is -0.704. The van der Waals surface area contributed by atoms with Gasteiger partial charge in [0.15, 0.2) is 6.29 Å². The van der Waals surface area contributed by atoms with Gasteiger partial charge in [-0.3, -0.25) is 4.79 Å². The van der Waals surface area contributed by atoms with Gasteiger partial charge in [-0.05, 0) is 38.5 Å². The summed E-state index contributed by atoms with van der Waals surface area (Å²) in [5.41, 5.74) is 0. The van der Waals surface area contributed by atoms with Gasteiger partial charge in [-0.15, -0.1) is 0 Å². The Balaban J connectivity index is 2.14. The second-order valence-electron chi connectivity index (χ2n) is 20.0. The quantitative estimate of drug-likeness (QED) is 0.0215. The van der Waals surface area contributed by atoms with Crippen molar-refractivity contribution in [1.82, 2.24) is 5.32 Å². The van der Waals surface area contributed by atoms with E-state index >= 15 is 0 Å². The summed E-state index contributed by atoms with van der Waals surface area (Å²) in [7, 11) is 0. The average Bonchev–Trinajstić information content (AvgIpc) is 3.32. The minimum Gasteiger partial charge on any atom is -0.394 e. The molecule has 0 aromatic carbocycles. The fourth-order valence-electron chi connectivity index (χ4n) is 9.21. The van der Waals surface area contributed by atoms with Gasteiger partial charge in [0.05, 0.1) is 25.4 Å². The lowest BCUT2D eigenvalue weighted by Crippen LogP contribution is -2.60. The van der Waals surface area contributed by atoms with Gasteiger partial charge >= 0.3 is 0 Å². The predicted molar refractivity (Wildman–Crippen MR) is 270 cm³/mol. The van der Waals surface area contributed by atoms with E-state index < -0.39 is 74.2 Å². The van der Waals surface area contributed by atoms with Crippen molar-refractivity contribution in [2.24, 2.45) is 0 Å². The zero-order valence-corrected chi connectivity index (χ0v) is 42.7. The molecule has 1 fully saturated rings. The van der Waals surface area contributed by atoms with Crippen LogP contribution in [-0.4, -0.2) is 110 Å². The maximum absolute atomic E-state index is 13.1. The number of aliphatic hydroxyl groups excluding tert-OH is 7. The van der Waals surface area contributed by atoms with Crippen molar-refractivity contribution < 1.29 is 50.0 Å². The molecule has 0 aromatic heterocycles. The molecule has 11 heteroatoms. The monoisotopic (exact) mass is 942 g/mol. The molecule has 0 radical (unpaired) electrons. The highest BCUT2D eigenvalue weighted by Crippen LogP contribution is 2.23. The Morgan fingerprint density at radius 1 is 0.515 bits per heavy atom. The molecule has 1 amide bonds. The molecular weight excluding hydrogens is 835 g/mol. The third-order valence-electron chi connectivity index (χ3n) is 13.8. The zero-order valence-electron chi connectivity index (χ0n) is 42.7. The van der Waals surface area contributed by atoms with E-state index in [9.17, 15) is 40.5 Å². The largest absolute Gasteiger partial charge is 0.394 e. The van der Waals surface area contributed by atoms with Gasteiger partial charge in [-0.25, -0.2) is 0 Å². The Kier molecular flexibility index (Phi) is 42.9. The highest BCUT2D eigenvalue weighted by Gasteiger charge is 2.44. The molecule has 0 spiro atoms. The third kappa shape index (κ3) is 33.4. The van der Waals surface area contributed by atoms with Gasteiger partial charge in [0, 0.05) is 0 Å². The molecule has 9 unspecified atom stereocenters. The Morgan fingerprint density at radius 3 is 1.30 bits per heavy atom. The van der Waals surface area contributed by atoms with E-state index in [2.05, 4.69) is 31.3 Å². The van der Waals surface area contributed by atoms with Crippen LogP contribution in [0.5, 0.6) is 0 Å². The number of ether oxygens (including phenoxy) is 2. The van der Waals surface area contributed by atoms with Gasteiger partial charge in [0.2, 0.25) is 5.91 Å². The van der Waals surface area contributed by atoms with Crippen LogP contribution in [0.15, 0.2) is 12.2 Å². The first-order chi connectivity index (χ1) is 32.2. The molecule has 8 N–H and O–H groups in total. The molecule has 1 heterocycles. The van der Waals surface area contributed by atoms with Crippen molar-refractivity contribution in [1.29, 1.82) is 0 Å². The summed E-state index contributed by atoms with van der Waals surface area (Å²) in [6.07, 6.45) is 40.5. The highest BCUT2D eigenvalue weighted by atomic mass is 16.7. The van der Waals surface area contributed by atoms with Crippen LogP contribution in [0, 0.1) is 0 Å². The van der Waals surface area contributed by atoms with Crippen molar-refractivity contribution in [2.75, 3.05) is 13.2 Å². The van der Waals surface area contributed by atoms with E-state index in [4.69, 9.17) is 9.47 Å². The number of carbonyl (C=O) groups is 1. The molecule has 0 aliphatic carbocycles. The number of aliphatic hydroxyl groups is 7. The van der Waals surface area contributed by atoms with Crippen molar-refractivity contribution >= 4 is 5.91 Å². The number of hydrogen-bond acceptors (Lipinski definition) is 10. The van der Waals surface area contributed by atoms with Crippen LogP contribution in [0.3, 0.4) is 0 Å². The fraction of sp³-hybridized carbons (Fsp3) is 0.945. The van der Waals surface area contributed by atoms with Crippen LogP contribution >= 0.6 is 0 Å². The Labute approximate surface area is 404 Å². The van der Waals surface area contributed by atoms with Crippen LogP contribution in [0.4, 0.5) is 0 Å². The standard InChI is InChI=1S/C55H107NO10/c1-3-5-7-9-11-13-14-15-16-17-18-19-20-21-22-23-24-25-26-27-28-29-30-31-32-33-34-35-37-39-41-43-48(59)54(64)56-46(45-65-55-53(63)52(62)51(61)49(44-57)66-55)50(60)47(58)42-40-38-36-12-10-8-6-4-2/h12,36,46-53,55,57-63H,3-11,13-35,37-45H2,1-2H3,(H,56,64)/b36-12+. The summed E-state index contributed by atoms with van der Waals surface area (Å²) in [6, 6.07) is -1.18. The number of amides is 1. The first-order valence-electron chi connectivity index (χ1n) is 28.1. The molecule has 9 atom stereocenters. The minimum absolute atomic E-state index is 0.259. The molecule has 1 aliphatic rings. The lowest BCUT2D eigenvalue weighted by atomic mass is 9.98. The molecule has 1 rings (SSSR count). The first kappa shape index (κ1) is 62.9. The van der Waals surface area contributed by atoms with Gasteiger partial charge in [-0.1, -0.05) is 238 Å². The Bertz CT molecular complexity index is 1080. The van der Waals surface area contributed by atoms with Crippen LogP contribution in [0.25, 0.3) is 0 Å². The van der Waals surface area contributed by atoms with E-state index in [-0.39, 0.29) is 12.8 Å². The molecule has 0 saturated carbocycles. The van der Waals surface area contributed by atoms with Gasteiger partial charge in [-0.2, -0.15) is 0 Å². The summed E-state index contributed by atoms with van der Waals surface area (Å²) < 4.78 is 11.1. The SMILES string of the molecule is CCCCC/C=C/CCCC(O)C(O)C(COC1OC(CO)C(O)C(O)C1O)NC(=O)C(O)CCCCCCCCCCCCCCCCCCCCCCCCCCCCCCCCC. The molecule has 11 nitrogen and oxygen atoms in total. The minimum atomic E-state index is -1.66. The molecule has 1 saturated heterocycles. The van der Waals surface area contributed by atoms with Crippen molar-refractivity contribution in [3.8, 4) is 0 Å². The van der Waals surface area contributed by atoms with E-state index in [0.717, 1.165) is 44.9 Å². The first-order valence-corrected chi connectivity index (χ1v) is 28.1. The van der Waals surface area contributed by atoms with Crippen molar-refractivity contribution in [3.05, 3.63) is 12.2 Å². The lowest BCUT2D eigenvalue weighted by Gasteiger charge is -2.40. The average molecular weight is 942 g/mol. The summed E-state index contributed by atoms with van der Waals surface area (Å²) in [5, 5.41) is 75.5. The van der Waals surface area contributed by atoms with E-state index in [0.29, 0.717) is 12.8 Å². The second-order valence-corrected chi connectivity index (χ2v) is 20.0. The van der Waals surface area contributed by atoms with E-state index in [1.54, 1.807) is 0 Å². The topological polar surface area (TPSA) is 189 Å². The maximum atomic E-state index is 13.1. The van der Waals surface area contributed by atoms with E-state index in [1.165, 1.54) is 180 Å². The van der Waals surface area contributed by atoms with E-state index in [1.807, 2.05) is 0 Å². The molecule has 0 aromatic rings. The molecular formula is C55H107NO10. The van der Waals surface area contributed by atoms with Gasteiger partial charge in [0.1, 0.15) is 36.6 Å². The number of hydrogen-bond donors (Lipinski definition) is 8. The van der Waals surface area contributed by atoms with Gasteiger partial charge in [0.25, 0.3) is 0 Å². The van der Waals surface area contributed by atoms with Crippen molar-refractivity contribution in [3.63, 3.8) is 0 Å². The number of carbonyl (C=O) groups excluding carboxylic acids is 1. The van der Waals surface area contributed by atoms with Gasteiger partial charge < -0.3 is 50.5 Å². The number of allylic oxidation sites excluding steroid dienone is 2. The number of nitrogens with one attached hydrogen (secondary N) is 1. The normalized spacial score (nSPS) is 20.8. The van der Waals surface area contributed by atoms with Crippen LogP contribution in [0.1, 0.15) is 264 Å². The summed E-state index contributed by atoms with van der Waals surface area (Å²) in [4.78, 5) is 13.1. The molecule has 392 valence electrons. The molecule has 0 bridgehead atoms. The number of unbranched alkanes of at least 4 members (excludes halogenated alkanes) is 34. The van der Waals surface area contributed by atoms with Crippen LogP contribution in [0.2, 0.25) is 0 Å². The Morgan fingerprint density at radius 2 is 0.894 bits per heavy atom. The predicted octanol–water partition coefficient (Wildman–Crippen LogP) is 11.2.